The molecule has 0 amide bonds. The van der Waals surface area contributed by atoms with Gasteiger partial charge in [0.25, 0.3) is 0 Å². The SMILES string of the molecule is CCCCCC1CCC(NCC)C1. The van der Waals surface area contributed by atoms with Gasteiger partial charge in [-0.05, 0) is 31.7 Å². The van der Waals surface area contributed by atoms with Crippen LogP contribution in [0.2, 0.25) is 0 Å². The topological polar surface area (TPSA) is 12.0 Å². The van der Waals surface area contributed by atoms with E-state index in [1.165, 1.54) is 44.9 Å². The van der Waals surface area contributed by atoms with E-state index in [2.05, 4.69) is 19.2 Å². The minimum Gasteiger partial charge on any atom is -0.314 e. The van der Waals surface area contributed by atoms with Crippen LogP contribution in [-0.2, 0) is 0 Å². The number of nitrogens with one attached hydrogen (secondary N) is 1. The van der Waals surface area contributed by atoms with Crippen LogP contribution in [0.25, 0.3) is 0 Å². The first-order valence-electron chi connectivity index (χ1n) is 6.10. The van der Waals surface area contributed by atoms with Gasteiger partial charge in [0.05, 0.1) is 0 Å². The molecule has 0 aromatic rings. The third-order valence-electron chi connectivity index (χ3n) is 3.25. The quantitative estimate of drug-likeness (QED) is 0.623. The van der Waals surface area contributed by atoms with Gasteiger partial charge in [-0.2, -0.15) is 0 Å². The summed E-state index contributed by atoms with van der Waals surface area (Å²) in [6.45, 7) is 5.65. The lowest BCUT2D eigenvalue weighted by atomic mass is 10.00. The van der Waals surface area contributed by atoms with Crippen LogP contribution in [0.5, 0.6) is 0 Å². The molecule has 1 heteroatoms. The van der Waals surface area contributed by atoms with Crippen molar-refractivity contribution in [3.63, 3.8) is 0 Å². The van der Waals surface area contributed by atoms with Gasteiger partial charge in [-0.25, -0.2) is 0 Å². The van der Waals surface area contributed by atoms with Gasteiger partial charge in [0.1, 0.15) is 0 Å². The zero-order valence-electron chi connectivity index (χ0n) is 9.31. The van der Waals surface area contributed by atoms with Crippen molar-refractivity contribution >= 4 is 0 Å². The van der Waals surface area contributed by atoms with Crippen molar-refractivity contribution in [2.75, 3.05) is 6.54 Å². The summed E-state index contributed by atoms with van der Waals surface area (Å²) < 4.78 is 0. The minimum absolute atomic E-state index is 0.844. The highest BCUT2D eigenvalue weighted by Crippen LogP contribution is 2.29. The Kier molecular flexibility index (Phi) is 5.45. The van der Waals surface area contributed by atoms with Crippen LogP contribution in [0.3, 0.4) is 0 Å². The largest absolute Gasteiger partial charge is 0.314 e. The molecule has 0 aromatic heterocycles. The zero-order valence-corrected chi connectivity index (χ0v) is 9.31. The maximum atomic E-state index is 3.56. The average Bonchev–Trinajstić information content (AvgIpc) is 2.54. The monoisotopic (exact) mass is 183 g/mol. The second kappa shape index (κ2) is 6.42. The molecular formula is C12H25N. The molecular weight excluding hydrogens is 158 g/mol. The van der Waals surface area contributed by atoms with E-state index in [1.807, 2.05) is 0 Å². The summed E-state index contributed by atoms with van der Waals surface area (Å²) in [6, 6.07) is 0.844. The van der Waals surface area contributed by atoms with Gasteiger partial charge in [-0.15, -0.1) is 0 Å². The Bertz CT molecular complexity index is 122. The van der Waals surface area contributed by atoms with Crippen molar-refractivity contribution in [1.29, 1.82) is 0 Å². The Labute approximate surface area is 83.3 Å². The Morgan fingerprint density at radius 3 is 2.69 bits per heavy atom. The highest BCUT2D eigenvalue weighted by molar-refractivity contribution is 4.79. The Hall–Kier alpha value is -0.0400. The predicted octanol–water partition coefficient (Wildman–Crippen LogP) is 3.34. The summed E-state index contributed by atoms with van der Waals surface area (Å²) >= 11 is 0. The van der Waals surface area contributed by atoms with E-state index in [0.29, 0.717) is 0 Å². The Morgan fingerprint density at radius 1 is 1.15 bits per heavy atom. The van der Waals surface area contributed by atoms with Gasteiger partial charge in [0.2, 0.25) is 0 Å². The lowest BCUT2D eigenvalue weighted by molar-refractivity contribution is 0.449. The van der Waals surface area contributed by atoms with Gasteiger partial charge < -0.3 is 5.32 Å². The van der Waals surface area contributed by atoms with E-state index in [4.69, 9.17) is 0 Å². The van der Waals surface area contributed by atoms with Crippen LogP contribution in [-0.4, -0.2) is 12.6 Å². The molecule has 1 nitrogen and oxygen atoms in total. The van der Waals surface area contributed by atoms with Crippen molar-refractivity contribution in [1.82, 2.24) is 5.32 Å². The van der Waals surface area contributed by atoms with Crippen LogP contribution in [0.15, 0.2) is 0 Å². The van der Waals surface area contributed by atoms with Crippen molar-refractivity contribution in [2.24, 2.45) is 5.92 Å². The van der Waals surface area contributed by atoms with E-state index in [9.17, 15) is 0 Å². The van der Waals surface area contributed by atoms with Gasteiger partial charge in [-0.1, -0.05) is 39.5 Å². The molecule has 0 spiro atoms. The van der Waals surface area contributed by atoms with Crippen LogP contribution in [0.1, 0.15) is 58.8 Å². The lowest BCUT2D eigenvalue weighted by Crippen LogP contribution is -2.25. The van der Waals surface area contributed by atoms with Crippen molar-refractivity contribution < 1.29 is 0 Å². The molecule has 0 saturated heterocycles. The Morgan fingerprint density at radius 2 is 2.00 bits per heavy atom. The first kappa shape index (κ1) is 11.0. The molecule has 1 saturated carbocycles. The third-order valence-corrected chi connectivity index (χ3v) is 3.25. The van der Waals surface area contributed by atoms with Gasteiger partial charge in [0.15, 0.2) is 0 Å². The maximum Gasteiger partial charge on any atom is 0.00696 e. The summed E-state index contributed by atoms with van der Waals surface area (Å²) in [5.41, 5.74) is 0. The fraction of sp³-hybridized carbons (Fsp3) is 1.00. The highest BCUT2D eigenvalue weighted by Gasteiger charge is 2.22. The first-order chi connectivity index (χ1) is 6.36. The normalized spacial score (nSPS) is 28.2. The summed E-state index contributed by atoms with van der Waals surface area (Å²) in [5, 5.41) is 3.56. The highest BCUT2D eigenvalue weighted by atomic mass is 14.9. The van der Waals surface area contributed by atoms with Crippen molar-refractivity contribution in [2.45, 2.75) is 64.8 Å². The van der Waals surface area contributed by atoms with Crippen LogP contribution >= 0.6 is 0 Å². The lowest BCUT2D eigenvalue weighted by Gasteiger charge is -2.11. The molecule has 2 unspecified atom stereocenters. The summed E-state index contributed by atoms with van der Waals surface area (Å²) in [4.78, 5) is 0. The summed E-state index contributed by atoms with van der Waals surface area (Å²) in [6.07, 6.45) is 10.1. The molecule has 0 bridgehead atoms. The number of rotatable bonds is 6. The molecule has 1 fully saturated rings. The van der Waals surface area contributed by atoms with E-state index in [1.54, 1.807) is 0 Å². The molecule has 0 aliphatic heterocycles. The predicted molar refractivity (Wildman–Crippen MR) is 58.9 cm³/mol. The molecule has 1 aliphatic rings. The summed E-state index contributed by atoms with van der Waals surface area (Å²) in [7, 11) is 0. The number of hydrogen-bond donors (Lipinski definition) is 1. The second-order valence-corrected chi connectivity index (χ2v) is 4.43. The second-order valence-electron chi connectivity index (χ2n) is 4.43. The van der Waals surface area contributed by atoms with E-state index in [-0.39, 0.29) is 0 Å². The molecule has 0 aromatic carbocycles. The van der Waals surface area contributed by atoms with E-state index >= 15 is 0 Å². The average molecular weight is 183 g/mol. The summed E-state index contributed by atoms with van der Waals surface area (Å²) in [5.74, 6) is 1.04. The van der Waals surface area contributed by atoms with E-state index < -0.39 is 0 Å². The minimum atomic E-state index is 0.844. The van der Waals surface area contributed by atoms with Crippen LogP contribution < -0.4 is 5.32 Å². The van der Waals surface area contributed by atoms with Gasteiger partial charge in [-0.3, -0.25) is 0 Å². The van der Waals surface area contributed by atoms with Crippen molar-refractivity contribution in [3.05, 3.63) is 0 Å². The van der Waals surface area contributed by atoms with Crippen LogP contribution in [0, 0.1) is 5.92 Å². The number of unbranched alkanes of at least 4 members (excludes halogenated alkanes) is 2. The van der Waals surface area contributed by atoms with E-state index in [0.717, 1.165) is 18.5 Å². The van der Waals surface area contributed by atoms with Gasteiger partial charge >= 0.3 is 0 Å². The molecule has 0 radical (unpaired) electrons. The zero-order chi connectivity index (χ0) is 9.52. The van der Waals surface area contributed by atoms with Gasteiger partial charge in [0, 0.05) is 6.04 Å². The maximum absolute atomic E-state index is 3.56. The Balaban J connectivity index is 2.03. The van der Waals surface area contributed by atoms with Crippen LogP contribution in [0.4, 0.5) is 0 Å². The third kappa shape index (κ3) is 4.12. The first-order valence-corrected chi connectivity index (χ1v) is 6.10. The number of hydrogen-bond acceptors (Lipinski definition) is 1. The molecule has 78 valence electrons. The standard InChI is InChI=1S/C12H25N/c1-3-5-6-7-11-8-9-12(10-11)13-4-2/h11-13H,3-10H2,1-2H3. The molecule has 1 N–H and O–H groups in total. The smallest absolute Gasteiger partial charge is 0.00696 e. The molecule has 1 rings (SSSR count). The molecule has 13 heavy (non-hydrogen) atoms. The van der Waals surface area contributed by atoms with Crippen molar-refractivity contribution in [3.8, 4) is 0 Å². The molecule has 0 heterocycles. The fourth-order valence-corrected chi connectivity index (χ4v) is 2.49. The fourth-order valence-electron chi connectivity index (χ4n) is 2.49. The molecule has 1 aliphatic carbocycles. The molecule has 2 atom stereocenters.